The lowest BCUT2D eigenvalue weighted by molar-refractivity contribution is -0.686. The molecule has 130 valence electrons. The predicted octanol–water partition coefficient (Wildman–Crippen LogP) is 0.00170. The third kappa shape index (κ3) is 4.43. The molecule has 0 radical (unpaired) electrons. The van der Waals surface area contributed by atoms with Crippen LogP contribution in [0.15, 0.2) is 54.3 Å². The molecule has 0 aliphatic heterocycles. The minimum Gasteiger partial charge on any atom is -1.00 e. The molecule has 0 bridgehead atoms. The van der Waals surface area contributed by atoms with E-state index >= 15 is 0 Å². The number of carbonyl (C=O) groups is 1. The molecule has 3 aromatic rings. The number of nitrogens with zero attached hydrogens (tertiary/aromatic N) is 2. The van der Waals surface area contributed by atoms with Gasteiger partial charge in [-0.2, -0.15) is 0 Å². The number of ketones is 1. The SMILES string of the molecule is COc1ccc(C(=O)C[n+]2ccc(-c3cccs3)nc2)cc1OC.[Br-]. The van der Waals surface area contributed by atoms with E-state index in [0.717, 1.165) is 10.6 Å². The Kier molecular flexibility index (Phi) is 6.66. The van der Waals surface area contributed by atoms with Gasteiger partial charge in [-0.05, 0) is 34.6 Å². The number of benzene rings is 1. The molecule has 0 aliphatic carbocycles. The molecule has 0 saturated carbocycles. The van der Waals surface area contributed by atoms with Crippen molar-refractivity contribution < 1.29 is 35.8 Å². The van der Waals surface area contributed by atoms with E-state index in [2.05, 4.69) is 4.98 Å². The zero-order valence-corrected chi connectivity index (χ0v) is 16.2. The maximum absolute atomic E-state index is 12.5. The molecule has 0 amide bonds. The number of rotatable bonds is 6. The van der Waals surface area contributed by atoms with Crippen molar-refractivity contribution in [2.45, 2.75) is 6.54 Å². The molecular weight excluding hydrogens is 404 g/mol. The molecule has 5 nitrogen and oxygen atoms in total. The van der Waals surface area contributed by atoms with Gasteiger partial charge in [-0.25, -0.2) is 4.57 Å². The topological polar surface area (TPSA) is 52.3 Å². The molecule has 0 aliphatic rings. The number of halogens is 1. The van der Waals surface area contributed by atoms with E-state index < -0.39 is 0 Å². The van der Waals surface area contributed by atoms with Crippen molar-refractivity contribution in [2.24, 2.45) is 0 Å². The van der Waals surface area contributed by atoms with E-state index in [-0.39, 0.29) is 29.3 Å². The van der Waals surface area contributed by atoms with Crippen molar-refractivity contribution in [1.29, 1.82) is 0 Å². The molecule has 1 aromatic carbocycles. The van der Waals surface area contributed by atoms with Gasteiger partial charge in [-0.1, -0.05) is 6.07 Å². The number of ether oxygens (including phenoxy) is 2. The van der Waals surface area contributed by atoms with Crippen LogP contribution in [0.1, 0.15) is 10.4 Å². The van der Waals surface area contributed by atoms with Crippen LogP contribution >= 0.6 is 11.3 Å². The number of carbonyl (C=O) groups excluding carboxylic acids is 1. The van der Waals surface area contributed by atoms with Gasteiger partial charge in [0.25, 0.3) is 6.33 Å². The van der Waals surface area contributed by atoms with Gasteiger partial charge < -0.3 is 26.5 Å². The van der Waals surface area contributed by atoms with Gasteiger partial charge in [0.15, 0.2) is 23.7 Å². The molecule has 0 atom stereocenters. The van der Waals surface area contributed by atoms with Crippen molar-refractivity contribution in [3.05, 3.63) is 59.9 Å². The largest absolute Gasteiger partial charge is 1.00 e. The van der Waals surface area contributed by atoms with Crippen molar-refractivity contribution >= 4 is 17.1 Å². The first-order chi connectivity index (χ1) is 11.7. The first-order valence-electron chi connectivity index (χ1n) is 7.35. The normalized spacial score (nSPS) is 10.0. The van der Waals surface area contributed by atoms with E-state index in [4.69, 9.17) is 9.47 Å². The minimum absolute atomic E-state index is 0. The second kappa shape index (κ2) is 8.73. The summed E-state index contributed by atoms with van der Waals surface area (Å²) in [5, 5.41) is 2.01. The first-order valence-corrected chi connectivity index (χ1v) is 8.23. The number of aromatic nitrogens is 2. The minimum atomic E-state index is -0.0216. The molecule has 0 spiro atoms. The molecule has 0 saturated heterocycles. The van der Waals surface area contributed by atoms with Crippen molar-refractivity contribution in [1.82, 2.24) is 4.98 Å². The Morgan fingerprint density at radius 3 is 2.56 bits per heavy atom. The third-order valence-corrected chi connectivity index (χ3v) is 4.47. The summed E-state index contributed by atoms with van der Waals surface area (Å²) in [6.07, 6.45) is 3.54. The number of thiophene rings is 1. The molecule has 7 heteroatoms. The van der Waals surface area contributed by atoms with Gasteiger partial charge in [0.1, 0.15) is 0 Å². The van der Waals surface area contributed by atoms with E-state index in [1.807, 2.05) is 29.8 Å². The van der Waals surface area contributed by atoms with Crippen LogP contribution in [0.25, 0.3) is 10.6 Å². The van der Waals surface area contributed by atoms with Crippen molar-refractivity contribution in [3.63, 3.8) is 0 Å². The van der Waals surface area contributed by atoms with Gasteiger partial charge >= 0.3 is 0 Å². The highest BCUT2D eigenvalue weighted by Crippen LogP contribution is 2.27. The summed E-state index contributed by atoms with van der Waals surface area (Å²) in [5.74, 6) is 1.12. The standard InChI is InChI=1S/C18H17N2O3S.BrH/c1-22-16-6-5-13(10-17(16)23-2)15(21)11-20-8-7-14(19-12-20)18-4-3-9-24-18;/h3-10,12H,11H2,1-2H3;1H/q+1;/p-1. The second-order valence-electron chi connectivity index (χ2n) is 5.09. The zero-order chi connectivity index (χ0) is 16.9. The van der Waals surface area contributed by atoms with Crippen LogP contribution in [0, 0.1) is 0 Å². The summed E-state index contributed by atoms with van der Waals surface area (Å²) in [7, 11) is 3.12. The van der Waals surface area contributed by atoms with E-state index in [9.17, 15) is 4.79 Å². The number of hydrogen-bond acceptors (Lipinski definition) is 5. The van der Waals surface area contributed by atoms with Gasteiger partial charge in [0, 0.05) is 11.6 Å². The van der Waals surface area contributed by atoms with Crippen molar-refractivity contribution in [3.8, 4) is 22.1 Å². The fraction of sp³-hybridized carbons (Fsp3) is 0.167. The van der Waals surface area contributed by atoms with Crippen LogP contribution in [0.2, 0.25) is 0 Å². The Hall–Kier alpha value is -2.25. The lowest BCUT2D eigenvalue weighted by Crippen LogP contribution is -3.00. The Labute approximate surface area is 160 Å². The maximum atomic E-state index is 12.5. The van der Waals surface area contributed by atoms with Gasteiger partial charge in [-0.3, -0.25) is 4.79 Å². The molecule has 0 unspecified atom stereocenters. The summed E-state index contributed by atoms with van der Waals surface area (Å²) in [5.41, 5.74) is 1.47. The third-order valence-electron chi connectivity index (χ3n) is 3.57. The predicted molar refractivity (Wildman–Crippen MR) is 91.6 cm³/mol. The number of methoxy groups -OCH3 is 2. The van der Waals surface area contributed by atoms with Gasteiger partial charge in [0.05, 0.1) is 25.3 Å². The van der Waals surface area contributed by atoms with Crippen LogP contribution in [-0.2, 0) is 6.54 Å². The Morgan fingerprint density at radius 1 is 1.16 bits per heavy atom. The number of Topliss-reactive ketones (excluding diaryl/α,β-unsaturated/α-hetero) is 1. The molecule has 25 heavy (non-hydrogen) atoms. The van der Waals surface area contributed by atoms with E-state index in [1.54, 1.807) is 54.6 Å². The molecule has 3 rings (SSSR count). The average molecular weight is 421 g/mol. The number of hydrogen-bond donors (Lipinski definition) is 0. The lowest BCUT2D eigenvalue weighted by Gasteiger charge is -2.08. The van der Waals surface area contributed by atoms with Crippen LogP contribution in [0.4, 0.5) is 0 Å². The molecule has 2 heterocycles. The summed E-state index contributed by atoms with van der Waals surface area (Å²) in [4.78, 5) is 18.0. The quantitative estimate of drug-likeness (QED) is 0.416. The summed E-state index contributed by atoms with van der Waals surface area (Å²) in [6.45, 7) is 0.215. The summed E-state index contributed by atoms with van der Waals surface area (Å²) in [6, 6.07) is 11.1. The van der Waals surface area contributed by atoms with Crippen molar-refractivity contribution in [2.75, 3.05) is 14.2 Å². The Balaban J connectivity index is 0.00000225. The second-order valence-corrected chi connectivity index (χ2v) is 6.04. The molecule has 0 N–H and O–H groups in total. The van der Waals surface area contributed by atoms with Crippen LogP contribution < -0.4 is 31.0 Å². The Bertz CT molecular complexity index is 836. The zero-order valence-electron chi connectivity index (χ0n) is 13.8. The maximum Gasteiger partial charge on any atom is 0.287 e. The van der Waals surface area contributed by atoms with Crippen LogP contribution in [-0.4, -0.2) is 25.0 Å². The van der Waals surface area contributed by atoms with Crippen LogP contribution in [0.3, 0.4) is 0 Å². The molecular formula is C18H17BrN2O3S. The van der Waals surface area contributed by atoms with Crippen LogP contribution in [0.5, 0.6) is 11.5 Å². The van der Waals surface area contributed by atoms with E-state index in [0.29, 0.717) is 17.1 Å². The monoisotopic (exact) mass is 420 g/mol. The smallest absolute Gasteiger partial charge is 0.287 e. The van der Waals surface area contributed by atoms with Gasteiger partial charge in [-0.15, -0.1) is 11.3 Å². The Morgan fingerprint density at radius 2 is 1.96 bits per heavy atom. The van der Waals surface area contributed by atoms with Gasteiger partial charge in [0.2, 0.25) is 5.78 Å². The fourth-order valence-electron chi connectivity index (χ4n) is 2.31. The highest BCUT2D eigenvalue weighted by molar-refractivity contribution is 7.13. The fourth-order valence-corrected chi connectivity index (χ4v) is 3.02. The van der Waals surface area contributed by atoms with E-state index in [1.165, 1.54) is 0 Å². The highest BCUT2D eigenvalue weighted by atomic mass is 79.9. The first kappa shape index (κ1) is 19.1. The summed E-state index contributed by atoms with van der Waals surface area (Å²) < 4.78 is 12.2. The molecule has 0 fully saturated rings. The summed E-state index contributed by atoms with van der Waals surface area (Å²) >= 11 is 1.64. The molecule has 2 aromatic heterocycles. The lowest BCUT2D eigenvalue weighted by atomic mass is 10.1. The highest BCUT2D eigenvalue weighted by Gasteiger charge is 2.14. The average Bonchev–Trinajstić information content (AvgIpc) is 3.16.